The lowest BCUT2D eigenvalue weighted by atomic mass is 10.0. The minimum atomic E-state index is -0.585. The summed E-state index contributed by atoms with van der Waals surface area (Å²) in [5.74, 6) is 4.43. The molecular formula is C14H18F2N4. The van der Waals surface area contributed by atoms with Gasteiger partial charge in [0, 0.05) is 12.6 Å². The molecule has 108 valence electrons. The number of halogens is 2. The Labute approximate surface area is 116 Å². The molecule has 0 saturated heterocycles. The van der Waals surface area contributed by atoms with Gasteiger partial charge in [0.05, 0.1) is 17.4 Å². The van der Waals surface area contributed by atoms with Crippen LogP contribution in [0.1, 0.15) is 29.9 Å². The van der Waals surface area contributed by atoms with Gasteiger partial charge < -0.3 is 0 Å². The Kier molecular flexibility index (Phi) is 4.46. The molecule has 1 unspecified atom stereocenters. The fourth-order valence-corrected chi connectivity index (χ4v) is 2.26. The summed E-state index contributed by atoms with van der Waals surface area (Å²) in [7, 11) is 0. The van der Waals surface area contributed by atoms with Crippen LogP contribution < -0.4 is 11.3 Å². The Balaban J connectivity index is 2.28. The topological polar surface area (TPSA) is 55.9 Å². The van der Waals surface area contributed by atoms with Crippen molar-refractivity contribution in [2.45, 2.75) is 32.9 Å². The summed E-state index contributed by atoms with van der Waals surface area (Å²) in [5, 5.41) is 4.34. The molecule has 0 aliphatic carbocycles. The van der Waals surface area contributed by atoms with E-state index in [1.54, 1.807) is 0 Å². The molecule has 4 nitrogen and oxygen atoms in total. The van der Waals surface area contributed by atoms with Crippen LogP contribution in [0.15, 0.2) is 24.3 Å². The van der Waals surface area contributed by atoms with E-state index in [4.69, 9.17) is 5.84 Å². The van der Waals surface area contributed by atoms with E-state index in [2.05, 4.69) is 10.5 Å². The first-order valence-electron chi connectivity index (χ1n) is 6.49. The number of hydrogen-bond acceptors (Lipinski definition) is 3. The van der Waals surface area contributed by atoms with E-state index >= 15 is 0 Å². The first-order valence-corrected chi connectivity index (χ1v) is 6.49. The Morgan fingerprint density at radius 3 is 2.70 bits per heavy atom. The first kappa shape index (κ1) is 14.6. The lowest BCUT2D eigenvalue weighted by Crippen LogP contribution is -2.31. The minimum absolute atomic E-state index is 0.281. The Hall–Kier alpha value is -1.79. The molecule has 1 aromatic carbocycles. The molecule has 0 spiro atoms. The van der Waals surface area contributed by atoms with E-state index in [1.807, 2.05) is 24.6 Å². The maximum Gasteiger partial charge on any atom is 0.129 e. The molecular weight excluding hydrogens is 262 g/mol. The van der Waals surface area contributed by atoms with Crippen molar-refractivity contribution in [3.05, 3.63) is 52.9 Å². The standard InChI is InChI=1S/C14H18F2N4/c1-3-20-14(6-9(2)19-20)13(18-17)7-10-4-5-11(15)8-12(10)16/h4-6,8,13,18H,3,7,17H2,1-2H3. The van der Waals surface area contributed by atoms with Crippen LogP contribution in [0.2, 0.25) is 0 Å². The summed E-state index contributed by atoms with van der Waals surface area (Å²) in [5.41, 5.74) is 4.85. The second-order valence-corrected chi connectivity index (χ2v) is 4.69. The number of aryl methyl sites for hydroxylation is 2. The number of hydrogen-bond donors (Lipinski definition) is 2. The summed E-state index contributed by atoms with van der Waals surface area (Å²) in [6, 6.07) is 5.19. The molecule has 0 aliphatic rings. The fourth-order valence-electron chi connectivity index (χ4n) is 2.26. The molecule has 0 fully saturated rings. The van der Waals surface area contributed by atoms with Crippen molar-refractivity contribution >= 4 is 0 Å². The number of nitrogens with two attached hydrogens (primary N) is 1. The van der Waals surface area contributed by atoms with Gasteiger partial charge in [-0.2, -0.15) is 5.10 Å². The van der Waals surface area contributed by atoms with Gasteiger partial charge in [-0.1, -0.05) is 6.07 Å². The van der Waals surface area contributed by atoms with Crippen LogP contribution in [0.4, 0.5) is 8.78 Å². The SMILES string of the molecule is CCn1nc(C)cc1C(Cc1ccc(F)cc1F)NN. The molecule has 3 N–H and O–H groups in total. The van der Waals surface area contributed by atoms with Crippen LogP contribution in [-0.4, -0.2) is 9.78 Å². The summed E-state index contributed by atoms with van der Waals surface area (Å²) >= 11 is 0. The van der Waals surface area contributed by atoms with Gasteiger partial charge >= 0.3 is 0 Å². The second-order valence-electron chi connectivity index (χ2n) is 4.69. The highest BCUT2D eigenvalue weighted by atomic mass is 19.1. The zero-order chi connectivity index (χ0) is 14.7. The van der Waals surface area contributed by atoms with Crippen LogP contribution in [0.3, 0.4) is 0 Å². The summed E-state index contributed by atoms with van der Waals surface area (Å²) in [4.78, 5) is 0. The zero-order valence-electron chi connectivity index (χ0n) is 11.5. The molecule has 1 aromatic heterocycles. The van der Waals surface area contributed by atoms with Gasteiger partial charge in [0.1, 0.15) is 11.6 Å². The molecule has 2 rings (SSSR count). The predicted molar refractivity (Wildman–Crippen MR) is 72.8 cm³/mol. The highest BCUT2D eigenvalue weighted by Gasteiger charge is 2.18. The van der Waals surface area contributed by atoms with Gasteiger partial charge in [-0.25, -0.2) is 8.78 Å². The van der Waals surface area contributed by atoms with Crippen molar-refractivity contribution in [2.24, 2.45) is 5.84 Å². The summed E-state index contributed by atoms with van der Waals surface area (Å²) in [6.45, 7) is 4.57. The van der Waals surface area contributed by atoms with Crippen molar-refractivity contribution in [3.63, 3.8) is 0 Å². The quantitative estimate of drug-likeness (QED) is 0.652. The average molecular weight is 280 g/mol. The van der Waals surface area contributed by atoms with Gasteiger partial charge in [0.15, 0.2) is 0 Å². The van der Waals surface area contributed by atoms with Gasteiger partial charge in [-0.3, -0.25) is 16.0 Å². The molecule has 1 heterocycles. The highest BCUT2D eigenvalue weighted by Crippen LogP contribution is 2.21. The molecule has 1 atom stereocenters. The first-order chi connectivity index (χ1) is 9.55. The van der Waals surface area contributed by atoms with E-state index in [0.717, 1.165) is 17.5 Å². The van der Waals surface area contributed by atoms with E-state index in [0.29, 0.717) is 18.5 Å². The third-order valence-electron chi connectivity index (χ3n) is 3.23. The van der Waals surface area contributed by atoms with E-state index in [9.17, 15) is 8.78 Å². The number of rotatable bonds is 5. The number of hydrazine groups is 1. The smallest absolute Gasteiger partial charge is 0.129 e. The molecule has 20 heavy (non-hydrogen) atoms. The lowest BCUT2D eigenvalue weighted by Gasteiger charge is -2.17. The third-order valence-corrected chi connectivity index (χ3v) is 3.23. The third kappa shape index (κ3) is 3.02. The number of nitrogens with one attached hydrogen (secondary N) is 1. The summed E-state index contributed by atoms with van der Waals surface area (Å²) in [6.07, 6.45) is 0.327. The van der Waals surface area contributed by atoms with Crippen LogP contribution in [0.5, 0.6) is 0 Å². The van der Waals surface area contributed by atoms with Gasteiger partial charge in [0.2, 0.25) is 0 Å². The van der Waals surface area contributed by atoms with Crippen molar-refractivity contribution in [1.29, 1.82) is 0 Å². The number of benzene rings is 1. The lowest BCUT2D eigenvalue weighted by molar-refractivity contribution is 0.478. The molecule has 0 aliphatic heterocycles. The largest absolute Gasteiger partial charge is 0.271 e. The maximum absolute atomic E-state index is 13.7. The predicted octanol–water partition coefficient (Wildman–Crippen LogP) is 2.24. The van der Waals surface area contributed by atoms with Crippen LogP contribution in [0, 0.1) is 18.6 Å². The van der Waals surface area contributed by atoms with Gasteiger partial charge in [-0.15, -0.1) is 0 Å². The molecule has 0 saturated carbocycles. The normalized spacial score (nSPS) is 12.7. The van der Waals surface area contributed by atoms with Gasteiger partial charge in [-0.05, 0) is 38.0 Å². The Bertz CT molecular complexity index is 595. The van der Waals surface area contributed by atoms with Crippen LogP contribution in [-0.2, 0) is 13.0 Å². The van der Waals surface area contributed by atoms with Crippen LogP contribution in [0.25, 0.3) is 0 Å². The molecule has 0 amide bonds. The minimum Gasteiger partial charge on any atom is -0.271 e. The molecule has 0 radical (unpaired) electrons. The zero-order valence-corrected chi connectivity index (χ0v) is 11.5. The maximum atomic E-state index is 13.7. The molecule has 6 heteroatoms. The fraction of sp³-hybridized carbons (Fsp3) is 0.357. The Morgan fingerprint density at radius 2 is 2.10 bits per heavy atom. The van der Waals surface area contributed by atoms with E-state index in [1.165, 1.54) is 12.1 Å². The molecule has 2 aromatic rings. The number of nitrogens with zero attached hydrogens (tertiary/aromatic N) is 2. The van der Waals surface area contributed by atoms with Gasteiger partial charge in [0.25, 0.3) is 0 Å². The monoisotopic (exact) mass is 280 g/mol. The van der Waals surface area contributed by atoms with Crippen molar-refractivity contribution in [3.8, 4) is 0 Å². The highest BCUT2D eigenvalue weighted by molar-refractivity contribution is 5.23. The van der Waals surface area contributed by atoms with Crippen molar-refractivity contribution < 1.29 is 8.78 Å². The summed E-state index contributed by atoms with van der Waals surface area (Å²) < 4.78 is 28.5. The number of aromatic nitrogens is 2. The van der Waals surface area contributed by atoms with Crippen molar-refractivity contribution in [1.82, 2.24) is 15.2 Å². The average Bonchev–Trinajstić information content (AvgIpc) is 2.79. The molecule has 0 bridgehead atoms. The van der Waals surface area contributed by atoms with Crippen LogP contribution >= 0.6 is 0 Å². The van der Waals surface area contributed by atoms with E-state index in [-0.39, 0.29) is 6.04 Å². The second kappa shape index (κ2) is 6.11. The van der Waals surface area contributed by atoms with E-state index < -0.39 is 11.6 Å². The Morgan fingerprint density at radius 1 is 1.35 bits per heavy atom. The van der Waals surface area contributed by atoms with Crippen molar-refractivity contribution in [2.75, 3.05) is 0 Å².